The molecule has 0 N–H and O–H groups in total. The van der Waals surface area contributed by atoms with Gasteiger partial charge in [0.1, 0.15) is 0 Å². The van der Waals surface area contributed by atoms with Gasteiger partial charge in [0.15, 0.2) is 0 Å². The van der Waals surface area contributed by atoms with Crippen LogP contribution in [0.4, 0.5) is 0 Å². The van der Waals surface area contributed by atoms with Gasteiger partial charge in [0.2, 0.25) is 0 Å². The van der Waals surface area contributed by atoms with Gasteiger partial charge in [0.05, 0.1) is 0 Å². The lowest BCUT2D eigenvalue weighted by molar-refractivity contribution is 0.0790. The van der Waals surface area contributed by atoms with Gasteiger partial charge in [0.25, 0.3) is 5.91 Å². The molecule has 0 aromatic heterocycles. The van der Waals surface area contributed by atoms with Crippen molar-refractivity contribution in [1.82, 2.24) is 9.80 Å². The van der Waals surface area contributed by atoms with Crippen molar-refractivity contribution in [3.63, 3.8) is 0 Å². The molecule has 1 aromatic rings. The quantitative estimate of drug-likeness (QED) is 0.778. The molecular weight excluding hydrogens is 212 g/mol. The van der Waals surface area contributed by atoms with Crippen LogP contribution < -0.4 is 0 Å². The van der Waals surface area contributed by atoms with Crippen LogP contribution in [0.25, 0.3) is 0 Å². The molecule has 3 nitrogen and oxygen atoms in total. The third kappa shape index (κ3) is 4.57. The molecule has 3 heteroatoms. The predicted octanol–water partition coefficient (Wildman–Crippen LogP) is 2.02. The van der Waals surface area contributed by atoms with Gasteiger partial charge in [-0.05, 0) is 46.1 Å². The van der Waals surface area contributed by atoms with Gasteiger partial charge in [0, 0.05) is 19.2 Å². The lowest BCUT2D eigenvalue weighted by Gasteiger charge is -2.18. The number of aryl methyl sites for hydroxylation is 1. The Balaban J connectivity index is 2.49. The largest absolute Gasteiger partial charge is 0.342 e. The van der Waals surface area contributed by atoms with E-state index in [1.165, 1.54) is 5.56 Å². The van der Waals surface area contributed by atoms with E-state index in [2.05, 4.69) is 4.90 Å². The standard InChI is InChI=1S/C14H22N2O/c1-12-6-8-13(9-7-12)14(17)16(4)11-5-10-15(2)3/h6-9H,5,10-11H2,1-4H3. The molecule has 0 unspecified atom stereocenters. The molecule has 0 aliphatic carbocycles. The highest BCUT2D eigenvalue weighted by Crippen LogP contribution is 2.06. The van der Waals surface area contributed by atoms with Gasteiger partial charge in [-0.15, -0.1) is 0 Å². The van der Waals surface area contributed by atoms with Gasteiger partial charge < -0.3 is 9.80 Å². The van der Waals surface area contributed by atoms with Crippen LogP contribution in [0, 0.1) is 6.92 Å². The van der Waals surface area contributed by atoms with E-state index in [-0.39, 0.29) is 5.91 Å². The van der Waals surface area contributed by atoms with Crippen LogP contribution in [0.2, 0.25) is 0 Å². The van der Waals surface area contributed by atoms with E-state index in [0.29, 0.717) is 0 Å². The Labute approximate surface area is 104 Å². The van der Waals surface area contributed by atoms with E-state index < -0.39 is 0 Å². The van der Waals surface area contributed by atoms with E-state index in [4.69, 9.17) is 0 Å². The third-order valence-electron chi connectivity index (χ3n) is 2.74. The van der Waals surface area contributed by atoms with E-state index >= 15 is 0 Å². The number of amides is 1. The first-order chi connectivity index (χ1) is 8.00. The van der Waals surface area contributed by atoms with Crippen LogP contribution >= 0.6 is 0 Å². The fourth-order valence-corrected chi connectivity index (χ4v) is 1.64. The topological polar surface area (TPSA) is 23.6 Å². The summed E-state index contributed by atoms with van der Waals surface area (Å²) in [5.41, 5.74) is 1.94. The lowest BCUT2D eigenvalue weighted by atomic mass is 10.1. The van der Waals surface area contributed by atoms with E-state index in [1.54, 1.807) is 4.90 Å². The van der Waals surface area contributed by atoms with Gasteiger partial charge in [-0.2, -0.15) is 0 Å². The van der Waals surface area contributed by atoms with Crippen molar-refractivity contribution in [2.45, 2.75) is 13.3 Å². The zero-order valence-electron chi connectivity index (χ0n) is 11.2. The van der Waals surface area contributed by atoms with Crippen LogP contribution in [0.1, 0.15) is 22.3 Å². The van der Waals surface area contributed by atoms with Gasteiger partial charge in [-0.3, -0.25) is 4.79 Å². The molecule has 0 atom stereocenters. The SMILES string of the molecule is Cc1ccc(C(=O)N(C)CCCN(C)C)cc1. The Bertz CT molecular complexity index is 357. The van der Waals surface area contributed by atoms with Crippen molar-refractivity contribution in [1.29, 1.82) is 0 Å². The molecule has 1 rings (SSSR count). The Morgan fingerprint density at radius 1 is 1.06 bits per heavy atom. The maximum Gasteiger partial charge on any atom is 0.253 e. The highest BCUT2D eigenvalue weighted by molar-refractivity contribution is 5.94. The summed E-state index contributed by atoms with van der Waals surface area (Å²) in [5.74, 6) is 0.101. The predicted molar refractivity (Wildman–Crippen MR) is 71.3 cm³/mol. The summed E-state index contributed by atoms with van der Waals surface area (Å²) in [6, 6.07) is 7.72. The molecular formula is C14H22N2O. The number of rotatable bonds is 5. The summed E-state index contributed by atoms with van der Waals surface area (Å²) in [6.07, 6.45) is 1.00. The summed E-state index contributed by atoms with van der Waals surface area (Å²) in [7, 11) is 5.95. The first-order valence-electron chi connectivity index (χ1n) is 5.97. The molecule has 0 heterocycles. The normalized spacial score (nSPS) is 10.6. The monoisotopic (exact) mass is 234 g/mol. The minimum Gasteiger partial charge on any atom is -0.342 e. The summed E-state index contributed by atoms with van der Waals surface area (Å²) >= 11 is 0. The Morgan fingerprint density at radius 2 is 1.65 bits per heavy atom. The second-order valence-electron chi connectivity index (χ2n) is 4.75. The van der Waals surface area contributed by atoms with Crippen LogP contribution in [0.5, 0.6) is 0 Å². The number of nitrogens with zero attached hydrogens (tertiary/aromatic N) is 2. The molecule has 1 amide bonds. The van der Waals surface area contributed by atoms with Gasteiger partial charge in [-0.1, -0.05) is 17.7 Å². The molecule has 0 saturated carbocycles. The van der Waals surface area contributed by atoms with Gasteiger partial charge >= 0.3 is 0 Å². The molecule has 0 radical (unpaired) electrons. The summed E-state index contributed by atoms with van der Waals surface area (Å²) in [4.78, 5) is 16.0. The summed E-state index contributed by atoms with van der Waals surface area (Å²) in [5, 5.41) is 0. The van der Waals surface area contributed by atoms with E-state index in [0.717, 1.165) is 25.1 Å². The third-order valence-corrected chi connectivity index (χ3v) is 2.74. The second kappa shape index (κ2) is 6.40. The first kappa shape index (κ1) is 13.7. The molecule has 0 aliphatic heterocycles. The van der Waals surface area contributed by atoms with E-state index in [9.17, 15) is 4.79 Å². The van der Waals surface area contributed by atoms with Crippen molar-refractivity contribution in [2.75, 3.05) is 34.2 Å². The van der Waals surface area contributed by atoms with Crippen LogP contribution in [-0.4, -0.2) is 49.9 Å². The number of carbonyl (C=O) groups excluding carboxylic acids is 1. The van der Waals surface area contributed by atoms with Crippen molar-refractivity contribution in [2.24, 2.45) is 0 Å². The highest BCUT2D eigenvalue weighted by Gasteiger charge is 2.10. The molecule has 17 heavy (non-hydrogen) atoms. The van der Waals surface area contributed by atoms with Crippen LogP contribution in [0.3, 0.4) is 0 Å². The van der Waals surface area contributed by atoms with Crippen molar-refractivity contribution in [3.05, 3.63) is 35.4 Å². The molecule has 0 aliphatic rings. The number of benzene rings is 1. The van der Waals surface area contributed by atoms with Crippen molar-refractivity contribution < 1.29 is 4.79 Å². The van der Waals surface area contributed by atoms with Crippen LogP contribution in [0.15, 0.2) is 24.3 Å². The number of carbonyl (C=O) groups is 1. The van der Waals surface area contributed by atoms with E-state index in [1.807, 2.05) is 52.3 Å². The highest BCUT2D eigenvalue weighted by atomic mass is 16.2. The molecule has 0 fully saturated rings. The second-order valence-corrected chi connectivity index (χ2v) is 4.75. The van der Waals surface area contributed by atoms with Crippen LogP contribution in [-0.2, 0) is 0 Å². The minimum absolute atomic E-state index is 0.101. The average Bonchev–Trinajstić information content (AvgIpc) is 2.28. The maximum absolute atomic E-state index is 12.0. The maximum atomic E-state index is 12.0. The average molecular weight is 234 g/mol. The Hall–Kier alpha value is -1.35. The molecule has 0 saturated heterocycles. The zero-order valence-corrected chi connectivity index (χ0v) is 11.2. The minimum atomic E-state index is 0.101. The fourth-order valence-electron chi connectivity index (χ4n) is 1.64. The number of hydrogen-bond donors (Lipinski definition) is 0. The smallest absolute Gasteiger partial charge is 0.253 e. The van der Waals surface area contributed by atoms with Gasteiger partial charge in [-0.25, -0.2) is 0 Å². The van der Waals surface area contributed by atoms with Crippen molar-refractivity contribution >= 4 is 5.91 Å². The lowest BCUT2D eigenvalue weighted by Crippen LogP contribution is -2.29. The molecule has 94 valence electrons. The summed E-state index contributed by atoms with van der Waals surface area (Å²) < 4.78 is 0. The molecule has 1 aromatic carbocycles. The molecule has 0 spiro atoms. The van der Waals surface area contributed by atoms with Crippen molar-refractivity contribution in [3.8, 4) is 0 Å². The fraction of sp³-hybridized carbons (Fsp3) is 0.500. The molecule has 0 bridgehead atoms. The number of hydrogen-bond acceptors (Lipinski definition) is 2. The summed E-state index contributed by atoms with van der Waals surface area (Å²) in [6.45, 7) is 3.82. The Morgan fingerprint density at radius 3 is 2.18 bits per heavy atom. The first-order valence-corrected chi connectivity index (χ1v) is 5.97. The Kier molecular flexibility index (Phi) is 5.16. The zero-order chi connectivity index (χ0) is 12.8.